The van der Waals surface area contributed by atoms with Gasteiger partial charge in [0.25, 0.3) is 0 Å². The summed E-state index contributed by atoms with van der Waals surface area (Å²) < 4.78 is 0. The smallest absolute Gasteiger partial charge is 0.233 e. The molecule has 21 heavy (non-hydrogen) atoms. The lowest BCUT2D eigenvalue weighted by Crippen LogP contribution is -2.57. The second-order valence-corrected chi connectivity index (χ2v) is 8.86. The van der Waals surface area contributed by atoms with Crippen molar-refractivity contribution in [1.29, 1.82) is 0 Å². The maximum atomic E-state index is 12.6. The second kappa shape index (κ2) is 4.43. The zero-order chi connectivity index (χ0) is 14.8. The maximum absolute atomic E-state index is 12.6. The van der Waals surface area contributed by atoms with Crippen LogP contribution in [-0.2, 0) is 4.79 Å². The number of amides is 1. The van der Waals surface area contributed by atoms with Crippen molar-refractivity contribution in [1.82, 2.24) is 5.32 Å². The number of carbonyl (C=O) groups excluding carboxylic acids is 1. The molecule has 0 spiro atoms. The van der Waals surface area contributed by atoms with Crippen LogP contribution in [0.15, 0.2) is 0 Å². The van der Waals surface area contributed by atoms with Gasteiger partial charge in [-0.15, -0.1) is 0 Å². The third-order valence-corrected chi connectivity index (χ3v) is 7.40. The molecule has 3 N–H and O–H groups in total. The summed E-state index contributed by atoms with van der Waals surface area (Å²) in [5.41, 5.74) is 5.64. The van der Waals surface area contributed by atoms with Crippen LogP contribution in [0.4, 0.5) is 0 Å². The van der Waals surface area contributed by atoms with E-state index in [4.69, 9.17) is 18.0 Å². The monoisotopic (exact) mass is 306 g/mol. The van der Waals surface area contributed by atoms with Crippen LogP contribution in [0.5, 0.6) is 0 Å². The van der Waals surface area contributed by atoms with Gasteiger partial charge < -0.3 is 11.1 Å². The van der Waals surface area contributed by atoms with Gasteiger partial charge in [-0.1, -0.05) is 12.2 Å². The first-order chi connectivity index (χ1) is 9.93. The lowest BCUT2D eigenvalue weighted by atomic mass is 9.48. The molecule has 3 nitrogen and oxygen atoms in total. The van der Waals surface area contributed by atoms with E-state index < -0.39 is 5.41 Å². The van der Waals surface area contributed by atoms with Crippen LogP contribution in [-0.4, -0.2) is 16.9 Å². The zero-order valence-electron chi connectivity index (χ0n) is 12.9. The van der Waals surface area contributed by atoms with Gasteiger partial charge in [-0.05, 0) is 81.5 Å². The van der Waals surface area contributed by atoms with E-state index in [0.29, 0.717) is 10.4 Å². The van der Waals surface area contributed by atoms with Crippen LogP contribution < -0.4 is 11.1 Å². The number of hydrogen-bond donors (Lipinski definition) is 2. The van der Waals surface area contributed by atoms with Gasteiger partial charge in [-0.25, -0.2) is 0 Å². The van der Waals surface area contributed by atoms with E-state index >= 15 is 0 Å². The van der Waals surface area contributed by atoms with E-state index in [1.54, 1.807) is 0 Å². The standard InChI is InChI=1S/C17H26N2OS/c1-10(19-15(20)17(2-3-17)14(18)21)16-7-11-4-12(8-16)6-13(5-11)9-16/h10-13H,2-9H2,1H3,(H2,18,21)(H,19,20). The molecular weight excluding hydrogens is 280 g/mol. The highest BCUT2D eigenvalue weighted by Crippen LogP contribution is 2.61. The molecule has 5 rings (SSSR count). The van der Waals surface area contributed by atoms with Crippen LogP contribution in [0.3, 0.4) is 0 Å². The van der Waals surface area contributed by atoms with Crippen molar-refractivity contribution in [2.75, 3.05) is 0 Å². The van der Waals surface area contributed by atoms with Gasteiger partial charge in [0.2, 0.25) is 5.91 Å². The van der Waals surface area contributed by atoms with Crippen molar-refractivity contribution in [3.05, 3.63) is 0 Å². The number of nitrogens with one attached hydrogen (secondary N) is 1. The highest BCUT2D eigenvalue weighted by atomic mass is 32.1. The molecule has 0 aromatic carbocycles. The Bertz CT molecular complexity index is 462. The predicted octanol–water partition coefficient (Wildman–Crippen LogP) is 2.77. The molecule has 0 heterocycles. The summed E-state index contributed by atoms with van der Waals surface area (Å²) in [6.45, 7) is 2.22. The van der Waals surface area contributed by atoms with Gasteiger partial charge >= 0.3 is 0 Å². The highest BCUT2D eigenvalue weighted by Gasteiger charge is 2.56. The molecule has 4 bridgehead atoms. The number of carbonyl (C=O) groups is 1. The van der Waals surface area contributed by atoms with Crippen LogP contribution in [0.1, 0.15) is 58.3 Å². The Balaban J connectivity index is 1.49. The molecule has 0 aromatic rings. The number of rotatable bonds is 4. The lowest BCUT2D eigenvalue weighted by molar-refractivity contribution is -0.128. The SMILES string of the molecule is CC(NC(=O)C1(C(N)=S)CC1)C12CC3CC(CC(C3)C1)C2. The zero-order valence-corrected chi connectivity index (χ0v) is 13.7. The molecule has 0 saturated heterocycles. The average Bonchev–Trinajstić information content (AvgIpc) is 3.18. The van der Waals surface area contributed by atoms with Crippen LogP contribution >= 0.6 is 12.2 Å². The minimum atomic E-state index is -0.508. The fourth-order valence-electron chi connectivity index (χ4n) is 5.91. The first kappa shape index (κ1) is 14.0. The topological polar surface area (TPSA) is 55.1 Å². The third kappa shape index (κ3) is 2.05. The maximum Gasteiger partial charge on any atom is 0.233 e. The van der Waals surface area contributed by atoms with Crippen LogP contribution in [0, 0.1) is 28.6 Å². The van der Waals surface area contributed by atoms with Gasteiger partial charge in [0.05, 0.1) is 10.4 Å². The van der Waals surface area contributed by atoms with Crippen molar-refractivity contribution in [2.24, 2.45) is 34.3 Å². The number of thiocarbonyl (C=S) groups is 1. The van der Waals surface area contributed by atoms with E-state index in [1.165, 1.54) is 38.5 Å². The molecule has 1 unspecified atom stereocenters. The average molecular weight is 306 g/mol. The fraction of sp³-hybridized carbons (Fsp3) is 0.882. The van der Waals surface area contributed by atoms with Gasteiger partial charge in [0.15, 0.2) is 0 Å². The minimum absolute atomic E-state index is 0.0956. The summed E-state index contributed by atoms with van der Waals surface area (Å²) in [6.07, 6.45) is 9.95. The second-order valence-electron chi connectivity index (χ2n) is 8.42. The van der Waals surface area contributed by atoms with Crippen molar-refractivity contribution >= 4 is 23.1 Å². The van der Waals surface area contributed by atoms with Crippen molar-refractivity contribution in [3.63, 3.8) is 0 Å². The van der Waals surface area contributed by atoms with Crippen LogP contribution in [0.25, 0.3) is 0 Å². The van der Waals surface area contributed by atoms with Gasteiger partial charge in [0, 0.05) is 6.04 Å². The molecule has 0 aromatic heterocycles. The van der Waals surface area contributed by atoms with E-state index in [2.05, 4.69) is 12.2 Å². The molecule has 5 fully saturated rings. The van der Waals surface area contributed by atoms with Crippen molar-refractivity contribution < 1.29 is 4.79 Å². The van der Waals surface area contributed by atoms with Gasteiger partial charge in [-0.2, -0.15) is 0 Å². The minimum Gasteiger partial charge on any atom is -0.392 e. The number of hydrogen-bond acceptors (Lipinski definition) is 2. The molecule has 5 saturated carbocycles. The first-order valence-corrected chi connectivity index (χ1v) is 8.95. The van der Waals surface area contributed by atoms with E-state index in [0.717, 1.165) is 30.6 Å². The molecule has 5 aliphatic carbocycles. The lowest BCUT2D eigenvalue weighted by Gasteiger charge is -2.59. The largest absolute Gasteiger partial charge is 0.392 e. The molecule has 4 heteroatoms. The number of nitrogens with two attached hydrogens (primary N) is 1. The molecule has 116 valence electrons. The Morgan fingerprint density at radius 3 is 2.00 bits per heavy atom. The first-order valence-electron chi connectivity index (χ1n) is 8.54. The summed E-state index contributed by atoms with van der Waals surface area (Å²) in [5, 5.41) is 3.31. The van der Waals surface area contributed by atoms with E-state index in [1.807, 2.05) is 0 Å². The van der Waals surface area contributed by atoms with Crippen molar-refractivity contribution in [2.45, 2.75) is 64.3 Å². The Kier molecular flexibility index (Phi) is 2.95. The van der Waals surface area contributed by atoms with Gasteiger partial charge in [-0.3, -0.25) is 4.79 Å². The molecule has 1 atom stereocenters. The summed E-state index contributed by atoms with van der Waals surface area (Å²) in [5.74, 6) is 2.85. The summed E-state index contributed by atoms with van der Waals surface area (Å²) >= 11 is 5.11. The van der Waals surface area contributed by atoms with E-state index in [-0.39, 0.29) is 11.9 Å². The molecule has 1 amide bonds. The Labute approximate surface area is 132 Å². The Hall–Kier alpha value is -0.640. The predicted molar refractivity (Wildman–Crippen MR) is 86.7 cm³/mol. The summed E-state index contributed by atoms with van der Waals surface area (Å²) in [4.78, 5) is 13.0. The van der Waals surface area contributed by atoms with E-state index in [9.17, 15) is 4.79 Å². The fourth-order valence-corrected chi connectivity index (χ4v) is 6.20. The normalized spacial score (nSPS) is 43.4. The highest BCUT2D eigenvalue weighted by molar-refractivity contribution is 7.80. The molecule has 0 radical (unpaired) electrons. The van der Waals surface area contributed by atoms with Gasteiger partial charge in [0.1, 0.15) is 0 Å². The summed E-state index contributed by atoms with van der Waals surface area (Å²) in [6, 6.07) is 0.269. The van der Waals surface area contributed by atoms with Crippen LogP contribution in [0.2, 0.25) is 0 Å². The Morgan fingerprint density at radius 1 is 1.14 bits per heavy atom. The Morgan fingerprint density at radius 2 is 1.62 bits per heavy atom. The molecule has 5 aliphatic rings. The quantitative estimate of drug-likeness (QED) is 0.785. The third-order valence-electron chi connectivity index (χ3n) is 7.01. The molecular formula is C17H26N2OS. The van der Waals surface area contributed by atoms with Crippen molar-refractivity contribution in [3.8, 4) is 0 Å². The molecule has 0 aliphatic heterocycles. The summed E-state index contributed by atoms with van der Waals surface area (Å²) in [7, 11) is 0.